The van der Waals surface area contributed by atoms with Gasteiger partial charge in [-0.05, 0) is 105 Å². The number of nitrogens with zero attached hydrogens (tertiary/aromatic N) is 2. The van der Waals surface area contributed by atoms with Crippen molar-refractivity contribution in [2.24, 2.45) is 0 Å². The summed E-state index contributed by atoms with van der Waals surface area (Å²) in [7, 11) is 0. The number of nitrogens with one attached hydrogen (secondary N) is 1. The number of aromatic nitrogens is 1. The third-order valence-electron chi connectivity index (χ3n) is 5.52. The van der Waals surface area contributed by atoms with Gasteiger partial charge in [0, 0.05) is 27.8 Å². The van der Waals surface area contributed by atoms with Crippen LogP contribution >= 0.6 is 23.4 Å². The number of benzene rings is 2. The molecule has 4 rings (SSSR count). The topological polar surface area (TPSA) is 71.4 Å². The minimum atomic E-state index is -0.470. The van der Waals surface area contributed by atoms with Crippen molar-refractivity contribution in [2.75, 3.05) is 11.9 Å². The number of amides is 3. The zero-order valence-corrected chi connectivity index (χ0v) is 20.9. The van der Waals surface area contributed by atoms with Crippen molar-refractivity contribution in [3.8, 4) is 5.69 Å². The average Bonchev–Trinajstić information content (AvgIpc) is 3.17. The van der Waals surface area contributed by atoms with Crippen LogP contribution in [-0.4, -0.2) is 33.1 Å². The van der Waals surface area contributed by atoms with Gasteiger partial charge in [0.25, 0.3) is 11.1 Å². The molecule has 0 unspecified atom stereocenters. The number of thioether (sulfide) groups is 1. The van der Waals surface area contributed by atoms with Crippen LogP contribution in [0.2, 0.25) is 5.02 Å². The number of rotatable bonds is 5. The van der Waals surface area contributed by atoms with Gasteiger partial charge < -0.3 is 9.88 Å². The molecule has 0 spiro atoms. The summed E-state index contributed by atoms with van der Waals surface area (Å²) in [6.45, 7) is 7.47. The molecule has 1 fully saturated rings. The summed E-state index contributed by atoms with van der Waals surface area (Å²) in [6, 6.07) is 15.1. The van der Waals surface area contributed by atoms with Gasteiger partial charge in [-0.3, -0.25) is 19.3 Å². The summed E-state index contributed by atoms with van der Waals surface area (Å²) in [5.74, 6) is -0.892. The lowest BCUT2D eigenvalue weighted by Crippen LogP contribution is -2.36. The highest BCUT2D eigenvalue weighted by atomic mass is 35.5. The Hall–Kier alpha value is -3.29. The summed E-state index contributed by atoms with van der Waals surface area (Å²) >= 11 is 6.85. The van der Waals surface area contributed by atoms with Crippen molar-refractivity contribution >= 4 is 52.2 Å². The highest BCUT2D eigenvalue weighted by molar-refractivity contribution is 8.18. The fourth-order valence-electron chi connectivity index (χ4n) is 4.09. The number of aryl methyl sites for hydroxylation is 3. The fourth-order valence-corrected chi connectivity index (χ4v) is 5.04. The molecule has 0 aliphatic carbocycles. The van der Waals surface area contributed by atoms with Crippen LogP contribution < -0.4 is 5.32 Å². The molecule has 1 saturated heterocycles. The molecule has 34 heavy (non-hydrogen) atoms. The number of imide groups is 1. The Morgan fingerprint density at radius 1 is 1.00 bits per heavy atom. The molecular weight excluding hydrogens is 470 g/mol. The number of hydrogen-bond acceptors (Lipinski definition) is 4. The third kappa shape index (κ3) is 4.95. The van der Waals surface area contributed by atoms with E-state index in [1.54, 1.807) is 6.08 Å². The van der Waals surface area contributed by atoms with Crippen LogP contribution in [0.4, 0.5) is 10.5 Å². The van der Waals surface area contributed by atoms with E-state index in [1.165, 1.54) is 0 Å². The predicted octanol–water partition coefficient (Wildman–Crippen LogP) is 6.04. The largest absolute Gasteiger partial charge is 0.325 e. The van der Waals surface area contributed by atoms with E-state index in [0.717, 1.165) is 50.4 Å². The third-order valence-corrected chi connectivity index (χ3v) is 6.68. The lowest BCUT2D eigenvalue weighted by molar-refractivity contribution is -0.127. The molecule has 1 aromatic heterocycles. The summed E-state index contributed by atoms with van der Waals surface area (Å²) in [5.41, 5.74) is 6.37. The van der Waals surface area contributed by atoms with Crippen molar-refractivity contribution in [3.05, 3.63) is 86.5 Å². The first-order valence-corrected chi connectivity index (χ1v) is 11.9. The molecule has 2 heterocycles. The van der Waals surface area contributed by atoms with Gasteiger partial charge in [-0.1, -0.05) is 17.7 Å². The summed E-state index contributed by atoms with van der Waals surface area (Å²) in [5, 5.41) is 2.97. The number of carbonyl (C=O) groups excluding carboxylic acids is 3. The zero-order valence-electron chi connectivity index (χ0n) is 19.3. The smallest absolute Gasteiger partial charge is 0.294 e. The lowest BCUT2D eigenvalue weighted by Gasteiger charge is -2.13. The molecule has 3 amide bonds. The van der Waals surface area contributed by atoms with E-state index >= 15 is 0 Å². The molecule has 0 bridgehead atoms. The van der Waals surface area contributed by atoms with Gasteiger partial charge in [0.15, 0.2) is 0 Å². The van der Waals surface area contributed by atoms with E-state index < -0.39 is 17.1 Å². The van der Waals surface area contributed by atoms with Crippen molar-refractivity contribution in [2.45, 2.75) is 27.7 Å². The van der Waals surface area contributed by atoms with E-state index in [0.29, 0.717) is 15.6 Å². The summed E-state index contributed by atoms with van der Waals surface area (Å²) < 4.78 is 2.06. The zero-order chi connectivity index (χ0) is 24.6. The van der Waals surface area contributed by atoms with Gasteiger partial charge in [-0.25, -0.2) is 0 Å². The number of anilines is 1. The Kier molecular flexibility index (Phi) is 6.68. The van der Waals surface area contributed by atoms with E-state index in [1.807, 2.05) is 76.2 Å². The highest BCUT2D eigenvalue weighted by Gasteiger charge is 2.36. The van der Waals surface area contributed by atoms with Crippen molar-refractivity contribution in [1.29, 1.82) is 0 Å². The molecule has 0 saturated carbocycles. The Morgan fingerprint density at radius 3 is 2.29 bits per heavy atom. The number of hydrogen-bond donors (Lipinski definition) is 1. The molecule has 8 heteroatoms. The molecule has 1 aliphatic rings. The van der Waals surface area contributed by atoms with Crippen LogP contribution in [0.5, 0.6) is 0 Å². The Balaban J connectivity index is 1.52. The predicted molar refractivity (Wildman–Crippen MR) is 137 cm³/mol. The van der Waals surface area contributed by atoms with Crippen molar-refractivity contribution < 1.29 is 14.4 Å². The first-order chi connectivity index (χ1) is 16.1. The second-order valence-corrected chi connectivity index (χ2v) is 9.76. The molecule has 0 atom stereocenters. The lowest BCUT2D eigenvalue weighted by atomic mass is 10.1. The molecule has 1 aliphatic heterocycles. The quantitative estimate of drug-likeness (QED) is 0.440. The van der Waals surface area contributed by atoms with Gasteiger partial charge in [0.05, 0.1) is 4.91 Å². The normalized spacial score (nSPS) is 14.9. The number of carbonyl (C=O) groups is 3. The van der Waals surface area contributed by atoms with Crippen LogP contribution in [0, 0.1) is 27.7 Å². The summed E-state index contributed by atoms with van der Waals surface area (Å²) in [4.78, 5) is 39.3. The second-order valence-electron chi connectivity index (χ2n) is 8.33. The Bertz CT molecular complexity index is 1320. The maximum atomic E-state index is 12.9. The first kappa shape index (κ1) is 23.9. The Labute approximate surface area is 207 Å². The first-order valence-electron chi connectivity index (χ1n) is 10.7. The van der Waals surface area contributed by atoms with Crippen LogP contribution in [0.15, 0.2) is 53.4 Å². The molecule has 6 nitrogen and oxygen atoms in total. The standard InChI is InChI=1S/C26H24ClN3O3S/c1-15-9-16(2)11-21(10-15)28-24(31)14-29-25(32)23(34-26(29)33)13-19-12-17(3)30(18(19)4)22-7-5-20(27)6-8-22/h5-13H,14H2,1-4H3,(H,28,31)/b23-13+. The van der Waals surface area contributed by atoms with E-state index in [-0.39, 0.29) is 6.54 Å². The van der Waals surface area contributed by atoms with E-state index in [9.17, 15) is 14.4 Å². The fraction of sp³-hybridized carbons (Fsp3) is 0.192. The maximum Gasteiger partial charge on any atom is 0.294 e. The maximum absolute atomic E-state index is 12.9. The Morgan fingerprint density at radius 2 is 1.65 bits per heavy atom. The van der Waals surface area contributed by atoms with Crippen LogP contribution in [-0.2, 0) is 9.59 Å². The van der Waals surface area contributed by atoms with Gasteiger partial charge in [-0.2, -0.15) is 0 Å². The SMILES string of the molecule is Cc1cc(C)cc(NC(=O)CN2C(=O)S/C(=C/c3cc(C)n(-c4ccc(Cl)cc4)c3C)C2=O)c1. The minimum absolute atomic E-state index is 0.292. The molecule has 1 N–H and O–H groups in total. The molecule has 3 aromatic rings. The van der Waals surface area contributed by atoms with Gasteiger partial charge in [0.2, 0.25) is 5.91 Å². The van der Waals surface area contributed by atoms with Crippen LogP contribution in [0.25, 0.3) is 11.8 Å². The molecule has 2 aromatic carbocycles. The summed E-state index contributed by atoms with van der Waals surface area (Å²) in [6.07, 6.45) is 1.71. The number of halogens is 1. The highest BCUT2D eigenvalue weighted by Crippen LogP contribution is 2.34. The van der Waals surface area contributed by atoms with Crippen LogP contribution in [0.3, 0.4) is 0 Å². The van der Waals surface area contributed by atoms with Gasteiger partial charge in [0.1, 0.15) is 6.54 Å². The van der Waals surface area contributed by atoms with Crippen molar-refractivity contribution in [3.63, 3.8) is 0 Å². The van der Waals surface area contributed by atoms with Crippen LogP contribution in [0.1, 0.15) is 28.1 Å². The average molecular weight is 494 g/mol. The van der Waals surface area contributed by atoms with E-state index in [4.69, 9.17) is 11.6 Å². The minimum Gasteiger partial charge on any atom is -0.325 e. The van der Waals surface area contributed by atoms with Gasteiger partial charge in [-0.15, -0.1) is 0 Å². The second kappa shape index (κ2) is 9.52. The van der Waals surface area contributed by atoms with E-state index in [2.05, 4.69) is 9.88 Å². The molecule has 0 radical (unpaired) electrons. The van der Waals surface area contributed by atoms with Crippen molar-refractivity contribution in [1.82, 2.24) is 9.47 Å². The molecular formula is C26H24ClN3O3S. The van der Waals surface area contributed by atoms with Gasteiger partial charge >= 0.3 is 0 Å². The monoisotopic (exact) mass is 493 g/mol. The molecule has 174 valence electrons.